The fraction of sp³-hybridized carbons (Fsp3) is 0.588. The van der Waals surface area contributed by atoms with Crippen molar-refractivity contribution in [2.75, 3.05) is 13.2 Å². The number of carbonyl (C=O) groups excluding carboxylic acids is 1. The third-order valence-corrected chi connectivity index (χ3v) is 3.91. The average Bonchev–Trinajstić information content (AvgIpc) is 2.75. The van der Waals surface area contributed by atoms with Gasteiger partial charge < -0.3 is 15.2 Å². The van der Waals surface area contributed by atoms with E-state index in [1.165, 1.54) is 25.7 Å². The van der Waals surface area contributed by atoms with Crippen LogP contribution in [0, 0.1) is 0 Å². The van der Waals surface area contributed by atoms with Crippen LogP contribution in [0.2, 0.25) is 0 Å². The van der Waals surface area contributed by atoms with Gasteiger partial charge in [-0.05, 0) is 37.0 Å². The summed E-state index contributed by atoms with van der Waals surface area (Å²) in [4.78, 5) is 11.9. The van der Waals surface area contributed by atoms with E-state index in [-0.39, 0.29) is 19.1 Å². The maximum atomic E-state index is 11.9. The van der Waals surface area contributed by atoms with Crippen LogP contribution >= 0.6 is 0 Å². The fourth-order valence-corrected chi connectivity index (χ4v) is 2.72. The Bertz CT molecular complexity index is 422. The van der Waals surface area contributed by atoms with Gasteiger partial charge in [0.15, 0.2) is 6.61 Å². The first-order valence-electron chi connectivity index (χ1n) is 7.90. The molecule has 1 aliphatic rings. The summed E-state index contributed by atoms with van der Waals surface area (Å²) >= 11 is 0. The number of benzene rings is 1. The van der Waals surface area contributed by atoms with Crippen LogP contribution in [0.1, 0.15) is 44.1 Å². The van der Waals surface area contributed by atoms with Crippen LogP contribution < -0.4 is 10.1 Å². The summed E-state index contributed by atoms with van der Waals surface area (Å²) in [5.74, 6) is 0.647. The molecule has 0 aromatic heterocycles. The lowest BCUT2D eigenvalue weighted by atomic mass is 10.1. The van der Waals surface area contributed by atoms with E-state index < -0.39 is 0 Å². The molecule has 0 aliphatic heterocycles. The molecule has 0 heterocycles. The van der Waals surface area contributed by atoms with Crippen LogP contribution in [0.4, 0.5) is 0 Å². The van der Waals surface area contributed by atoms with Gasteiger partial charge in [-0.3, -0.25) is 4.79 Å². The predicted molar refractivity (Wildman–Crippen MR) is 82.4 cm³/mol. The van der Waals surface area contributed by atoms with Gasteiger partial charge in [-0.2, -0.15) is 0 Å². The Morgan fingerprint density at radius 3 is 2.43 bits per heavy atom. The molecule has 116 valence electrons. The summed E-state index contributed by atoms with van der Waals surface area (Å²) < 4.78 is 5.50. The predicted octanol–water partition coefficient (Wildman–Crippen LogP) is 2.44. The zero-order valence-corrected chi connectivity index (χ0v) is 12.5. The van der Waals surface area contributed by atoms with E-state index in [4.69, 9.17) is 9.84 Å². The van der Waals surface area contributed by atoms with E-state index in [9.17, 15) is 4.79 Å². The highest BCUT2D eigenvalue weighted by atomic mass is 16.5. The van der Waals surface area contributed by atoms with E-state index in [2.05, 4.69) is 5.32 Å². The first kappa shape index (κ1) is 15.8. The van der Waals surface area contributed by atoms with Crippen molar-refractivity contribution in [3.63, 3.8) is 0 Å². The third-order valence-electron chi connectivity index (χ3n) is 3.91. The molecule has 0 bridgehead atoms. The topological polar surface area (TPSA) is 58.6 Å². The maximum absolute atomic E-state index is 11.9. The Hall–Kier alpha value is -1.55. The van der Waals surface area contributed by atoms with Crippen molar-refractivity contribution in [1.29, 1.82) is 0 Å². The molecule has 1 saturated carbocycles. The van der Waals surface area contributed by atoms with E-state index in [0.717, 1.165) is 18.4 Å². The minimum atomic E-state index is -0.0404. The molecule has 1 fully saturated rings. The van der Waals surface area contributed by atoms with E-state index in [0.29, 0.717) is 18.2 Å². The van der Waals surface area contributed by atoms with Gasteiger partial charge in [-0.1, -0.05) is 37.8 Å². The highest BCUT2D eigenvalue weighted by Gasteiger charge is 2.14. The normalized spacial score (nSPS) is 16.2. The van der Waals surface area contributed by atoms with Gasteiger partial charge in [0.25, 0.3) is 5.91 Å². The highest BCUT2D eigenvalue weighted by molar-refractivity contribution is 5.77. The number of rotatable bonds is 6. The van der Waals surface area contributed by atoms with Gasteiger partial charge >= 0.3 is 0 Å². The SMILES string of the molecule is O=C(COc1ccc(CCO)cc1)NC1CCCCCC1. The molecule has 4 heteroatoms. The molecule has 1 aromatic carbocycles. The van der Waals surface area contributed by atoms with Crippen molar-refractivity contribution in [1.82, 2.24) is 5.32 Å². The van der Waals surface area contributed by atoms with Crippen LogP contribution in [0.5, 0.6) is 5.75 Å². The van der Waals surface area contributed by atoms with Crippen LogP contribution in [0.15, 0.2) is 24.3 Å². The molecule has 0 spiro atoms. The molecule has 1 amide bonds. The number of hydrogen-bond acceptors (Lipinski definition) is 3. The number of carbonyl (C=O) groups is 1. The number of aliphatic hydroxyl groups excluding tert-OH is 1. The fourth-order valence-electron chi connectivity index (χ4n) is 2.72. The number of hydrogen-bond donors (Lipinski definition) is 2. The van der Waals surface area contributed by atoms with E-state index >= 15 is 0 Å². The summed E-state index contributed by atoms with van der Waals surface area (Å²) in [5, 5.41) is 11.9. The first-order chi connectivity index (χ1) is 10.3. The molecule has 1 aromatic rings. The molecule has 1 aliphatic carbocycles. The second kappa shape index (κ2) is 8.67. The number of aliphatic hydroxyl groups is 1. The lowest BCUT2D eigenvalue weighted by molar-refractivity contribution is -0.123. The quantitative estimate of drug-likeness (QED) is 0.791. The molecule has 2 N–H and O–H groups in total. The first-order valence-corrected chi connectivity index (χ1v) is 7.90. The third kappa shape index (κ3) is 5.76. The minimum Gasteiger partial charge on any atom is -0.484 e. The average molecular weight is 291 g/mol. The Labute approximate surface area is 126 Å². The second-order valence-electron chi connectivity index (χ2n) is 5.66. The van der Waals surface area contributed by atoms with Crippen LogP contribution in [0.25, 0.3) is 0 Å². The lowest BCUT2D eigenvalue weighted by Gasteiger charge is -2.16. The molecule has 2 rings (SSSR count). The molecule has 0 radical (unpaired) electrons. The standard InChI is InChI=1S/C17H25NO3/c19-12-11-14-7-9-16(10-8-14)21-13-17(20)18-15-5-3-1-2-4-6-15/h7-10,15,19H,1-6,11-13H2,(H,18,20). The largest absolute Gasteiger partial charge is 0.484 e. The van der Waals surface area contributed by atoms with Crippen molar-refractivity contribution in [3.05, 3.63) is 29.8 Å². The molecular formula is C17H25NO3. The van der Waals surface area contributed by atoms with Crippen molar-refractivity contribution >= 4 is 5.91 Å². The van der Waals surface area contributed by atoms with Gasteiger partial charge in [0.1, 0.15) is 5.75 Å². The van der Waals surface area contributed by atoms with Gasteiger partial charge in [0.2, 0.25) is 0 Å². The van der Waals surface area contributed by atoms with Gasteiger partial charge in [-0.15, -0.1) is 0 Å². The Morgan fingerprint density at radius 2 is 1.81 bits per heavy atom. The van der Waals surface area contributed by atoms with Gasteiger partial charge in [0, 0.05) is 12.6 Å². The molecule has 4 nitrogen and oxygen atoms in total. The summed E-state index contributed by atoms with van der Waals surface area (Å²) in [5.41, 5.74) is 1.06. The molecule has 0 unspecified atom stereocenters. The van der Waals surface area contributed by atoms with Gasteiger partial charge in [0.05, 0.1) is 0 Å². The zero-order chi connectivity index (χ0) is 14.9. The maximum Gasteiger partial charge on any atom is 0.258 e. The number of nitrogens with one attached hydrogen (secondary N) is 1. The number of ether oxygens (including phenoxy) is 1. The Kier molecular flexibility index (Phi) is 6.54. The van der Waals surface area contributed by atoms with Crippen LogP contribution in [-0.4, -0.2) is 30.3 Å². The van der Waals surface area contributed by atoms with Crippen molar-refractivity contribution in [3.8, 4) is 5.75 Å². The molecule has 0 saturated heterocycles. The van der Waals surface area contributed by atoms with E-state index in [1.807, 2.05) is 24.3 Å². The summed E-state index contributed by atoms with van der Waals surface area (Å²) in [6.07, 6.45) is 7.79. The Morgan fingerprint density at radius 1 is 1.14 bits per heavy atom. The minimum absolute atomic E-state index is 0.0404. The number of amides is 1. The van der Waals surface area contributed by atoms with Crippen molar-refractivity contribution in [2.45, 2.75) is 51.0 Å². The zero-order valence-electron chi connectivity index (χ0n) is 12.5. The monoisotopic (exact) mass is 291 g/mol. The lowest BCUT2D eigenvalue weighted by Crippen LogP contribution is -2.37. The summed E-state index contributed by atoms with van der Waals surface area (Å²) in [6.45, 7) is 0.208. The summed E-state index contributed by atoms with van der Waals surface area (Å²) in [7, 11) is 0. The molecule has 21 heavy (non-hydrogen) atoms. The van der Waals surface area contributed by atoms with E-state index in [1.54, 1.807) is 0 Å². The van der Waals surface area contributed by atoms with Crippen LogP contribution in [0.3, 0.4) is 0 Å². The molecular weight excluding hydrogens is 266 g/mol. The Balaban J connectivity index is 1.72. The molecule has 0 atom stereocenters. The summed E-state index contributed by atoms with van der Waals surface area (Å²) in [6, 6.07) is 7.81. The van der Waals surface area contributed by atoms with Crippen molar-refractivity contribution in [2.24, 2.45) is 0 Å². The van der Waals surface area contributed by atoms with Crippen molar-refractivity contribution < 1.29 is 14.6 Å². The van der Waals surface area contributed by atoms with Gasteiger partial charge in [-0.25, -0.2) is 0 Å². The van der Waals surface area contributed by atoms with Crippen LogP contribution in [-0.2, 0) is 11.2 Å². The highest BCUT2D eigenvalue weighted by Crippen LogP contribution is 2.17. The second-order valence-corrected chi connectivity index (χ2v) is 5.66. The smallest absolute Gasteiger partial charge is 0.258 e.